The Labute approximate surface area is 140 Å². The fourth-order valence-electron chi connectivity index (χ4n) is 1.48. The molecular formula is C14H19BrIN3. The van der Waals surface area contributed by atoms with Gasteiger partial charge in [-0.3, -0.25) is 0 Å². The highest BCUT2D eigenvalue weighted by Crippen LogP contribution is 2.16. The average molecular weight is 436 g/mol. The Morgan fingerprint density at radius 3 is 2.74 bits per heavy atom. The molecule has 0 saturated heterocycles. The second-order valence-electron chi connectivity index (χ2n) is 3.82. The van der Waals surface area contributed by atoms with E-state index in [4.69, 9.17) is 6.42 Å². The van der Waals surface area contributed by atoms with Crippen molar-refractivity contribution in [3.8, 4) is 12.3 Å². The van der Waals surface area contributed by atoms with Gasteiger partial charge in [-0.05, 0) is 37.1 Å². The Kier molecular flexibility index (Phi) is 9.70. The minimum atomic E-state index is 0. The molecule has 5 heteroatoms. The minimum Gasteiger partial charge on any atom is -0.357 e. The number of benzene rings is 1. The van der Waals surface area contributed by atoms with Gasteiger partial charge in [0.15, 0.2) is 5.96 Å². The molecule has 0 aliphatic heterocycles. The van der Waals surface area contributed by atoms with E-state index in [9.17, 15) is 0 Å². The number of rotatable bonds is 4. The van der Waals surface area contributed by atoms with Crippen molar-refractivity contribution >= 4 is 45.9 Å². The Bertz CT molecular complexity index is 466. The number of terminal acetylenes is 1. The summed E-state index contributed by atoms with van der Waals surface area (Å²) in [6, 6.07) is 6.19. The molecule has 0 saturated carbocycles. The molecule has 0 atom stereocenters. The van der Waals surface area contributed by atoms with Crippen LogP contribution in [0.4, 0.5) is 0 Å². The van der Waals surface area contributed by atoms with E-state index in [0.29, 0.717) is 13.1 Å². The van der Waals surface area contributed by atoms with Gasteiger partial charge in [0, 0.05) is 11.0 Å². The third-order valence-corrected chi connectivity index (χ3v) is 2.91. The van der Waals surface area contributed by atoms with Gasteiger partial charge in [0.05, 0.1) is 13.1 Å². The number of aliphatic imine (C=N–C) groups is 1. The van der Waals surface area contributed by atoms with Gasteiger partial charge in [0.1, 0.15) is 0 Å². The number of hydrogen-bond acceptors (Lipinski definition) is 1. The van der Waals surface area contributed by atoms with Crippen molar-refractivity contribution in [3.63, 3.8) is 0 Å². The molecule has 0 heterocycles. The first-order chi connectivity index (χ1) is 8.67. The van der Waals surface area contributed by atoms with Crippen LogP contribution in [0.25, 0.3) is 0 Å². The predicted octanol–water partition coefficient (Wildman–Crippen LogP) is 3.06. The third kappa shape index (κ3) is 6.83. The summed E-state index contributed by atoms with van der Waals surface area (Å²) in [7, 11) is 0. The van der Waals surface area contributed by atoms with E-state index >= 15 is 0 Å². The van der Waals surface area contributed by atoms with E-state index < -0.39 is 0 Å². The van der Waals surface area contributed by atoms with Crippen LogP contribution in [0.15, 0.2) is 27.7 Å². The van der Waals surface area contributed by atoms with Crippen LogP contribution in [0.3, 0.4) is 0 Å². The summed E-state index contributed by atoms with van der Waals surface area (Å²) < 4.78 is 1.09. The van der Waals surface area contributed by atoms with Crippen molar-refractivity contribution in [1.82, 2.24) is 10.6 Å². The van der Waals surface area contributed by atoms with Crippen molar-refractivity contribution < 1.29 is 0 Å². The molecule has 0 bridgehead atoms. The number of guanidine groups is 1. The van der Waals surface area contributed by atoms with Crippen LogP contribution < -0.4 is 10.6 Å². The number of hydrogen-bond donors (Lipinski definition) is 2. The van der Waals surface area contributed by atoms with Gasteiger partial charge < -0.3 is 10.6 Å². The largest absolute Gasteiger partial charge is 0.357 e. The molecule has 0 aliphatic rings. The second kappa shape index (κ2) is 10.1. The molecule has 0 spiro atoms. The van der Waals surface area contributed by atoms with Gasteiger partial charge in [-0.1, -0.05) is 27.9 Å². The van der Waals surface area contributed by atoms with Gasteiger partial charge in [0.25, 0.3) is 0 Å². The zero-order valence-electron chi connectivity index (χ0n) is 11.2. The number of nitrogens with zero attached hydrogens (tertiary/aromatic N) is 1. The van der Waals surface area contributed by atoms with Gasteiger partial charge in [0.2, 0.25) is 0 Å². The zero-order chi connectivity index (χ0) is 13.4. The molecule has 2 N–H and O–H groups in total. The van der Waals surface area contributed by atoms with Crippen LogP contribution >= 0.6 is 39.9 Å². The first kappa shape index (κ1) is 18.3. The third-order valence-electron chi connectivity index (χ3n) is 2.41. The first-order valence-corrected chi connectivity index (χ1v) is 6.67. The SMILES string of the molecule is C#CCNC(=NCc1ccc(Br)cc1C)NCC.I. The van der Waals surface area contributed by atoms with Gasteiger partial charge in [-0.15, -0.1) is 30.4 Å². The Morgan fingerprint density at radius 2 is 2.16 bits per heavy atom. The summed E-state index contributed by atoms with van der Waals surface area (Å²) in [5.74, 6) is 3.28. The van der Waals surface area contributed by atoms with Crippen molar-refractivity contribution in [2.45, 2.75) is 20.4 Å². The molecule has 1 rings (SSSR count). The Balaban J connectivity index is 0.00000324. The van der Waals surface area contributed by atoms with E-state index in [1.165, 1.54) is 11.1 Å². The maximum atomic E-state index is 5.22. The molecule has 0 aromatic heterocycles. The fourth-order valence-corrected chi connectivity index (χ4v) is 1.95. The lowest BCUT2D eigenvalue weighted by molar-refractivity contribution is 0.863. The summed E-state index contributed by atoms with van der Waals surface area (Å²) >= 11 is 3.45. The molecule has 0 radical (unpaired) electrons. The van der Waals surface area contributed by atoms with Crippen molar-refractivity contribution in [2.75, 3.05) is 13.1 Å². The average Bonchev–Trinajstić information content (AvgIpc) is 2.34. The summed E-state index contributed by atoms with van der Waals surface area (Å²) in [5, 5.41) is 6.22. The van der Waals surface area contributed by atoms with E-state index in [2.05, 4.69) is 56.5 Å². The fraction of sp³-hybridized carbons (Fsp3) is 0.357. The minimum absolute atomic E-state index is 0. The van der Waals surface area contributed by atoms with E-state index in [1.54, 1.807) is 0 Å². The summed E-state index contributed by atoms with van der Waals surface area (Å²) in [5.41, 5.74) is 2.43. The lowest BCUT2D eigenvalue weighted by Gasteiger charge is -2.09. The highest BCUT2D eigenvalue weighted by Gasteiger charge is 2.00. The topological polar surface area (TPSA) is 36.4 Å². The quantitative estimate of drug-likeness (QED) is 0.330. The van der Waals surface area contributed by atoms with Crippen LogP contribution in [0, 0.1) is 19.3 Å². The summed E-state index contributed by atoms with van der Waals surface area (Å²) in [4.78, 5) is 4.50. The normalized spacial score (nSPS) is 10.3. The Morgan fingerprint density at radius 1 is 1.42 bits per heavy atom. The molecular weight excluding hydrogens is 417 g/mol. The molecule has 0 unspecified atom stereocenters. The molecule has 19 heavy (non-hydrogen) atoms. The van der Waals surface area contributed by atoms with Crippen LogP contribution in [-0.4, -0.2) is 19.0 Å². The van der Waals surface area contributed by atoms with Crippen molar-refractivity contribution in [1.29, 1.82) is 0 Å². The van der Waals surface area contributed by atoms with Gasteiger partial charge in [-0.2, -0.15) is 0 Å². The van der Waals surface area contributed by atoms with Crippen LogP contribution in [0.1, 0.15) is 18.1 Å². The molecule has 1 aromatic carbocycles. The summed E-state index contributed by atoms with van der Waals surface area (Å²) in [6.45, 7) is 6.04. The molecule has 0 aliphatic carbocycles. The van der Waals surface area contributed by atoms with Crippen molar-refractivity contribution in [3.05, 3.63) is 33.8 Å². The number of nitrogens with one attached hydrogen (secondary N) is 2. The smallest absolute Gasteiger partial charge is 0.192 e. The Hall–Kier alpha value is -0.740. The molecule has 0 fully saturated rings. The molecule has 3 nitrogen and oxygen atoms in total. The highest BCUT2D eigenvalue weighted by atomic mass is 127. The van der Waals surface area contributed by atoms with E-state index in [0.717, 1.165) is 17.0 Å². The lowest BCUT2D eigenvalue weighted by Crippen LogP contribution is -2.37. The second-order valence-corrected chi connectivity index (χ2v) is 4.74. The monoisotopic (exact) mass is 435 g/mol. The lowest BCUT2D eigenvalue weighted by atomic mass is 10.1. The number of halogens is 2. The van der Waals surface area contributed by atoms with Gasteiger partial charge >= 0.3 is 0 Å². The zero-order valence-corrected chi connectivity index (χ0v) is 15.1. The van der Waals surface area contributed by atoms with E-state index in [-0.39, 0.29) is 24.0 Å². The first-order valence-electron chi connectivity index (χ1n) is 5.88. The van der Waals surface area contributed by atoms with Crippen LogP contribution in [0.2, 0.25) is 0 Å². The summed E-state index contributed by atoms with van der Waals surface area (Å²) in [6.07, 6.45) is 5.22. The number of aryl methyl sites for hydroxylation is 1. The molecule has 104 valence electrons. The maximum absolute atomic E-state index is 5.22. The van der Waals surface area contributed by atoms with E-state index in [1.807, 2.05) is 13.0 Å². The van der Waals surface area contributed by atoms with Crippen molar-refractivity contribution in [2.24, 2.45) is 4.99 Å². The van der Waals surface area contributed by atoms with Crippen LogP contribution in [0.5, 0.6) is 0 Å². The van der Waals surface area contributed by atoms with Gasteiger partial charge in [-0.25, -0.2) is 4.99 Å². The molecule has 1 aromatic rings. The predicted molar refractivity (Wildman–Crippen MR) is 95.9 cm³/mol. The maximum Gasteiger partial charge on any atom is 0.192 e. The molecule has 0 amide bonds. The highest BCUT2D eigenvalue weighted by molar-refractivity contribution is 14.0. The van der Waals surface area contributed by atoms with Crippen LogP contribution in [-0.2, 0) is 6.54 Å². The standard InChI is InChI=1S/C14H18BrN3.HI/c1-4-8-17-14(16-5-2)18-10-12-6-7-13(15)9-11(12)3;/h1,6-7,9H,5,8,10H2,2-3H3,(H2,16,17,18);1H.